The molecule has 0 unspecified atom stereocenters. The first-order chi connectivity index (χ1) is 17.2. The molecule has 1 fully saturated rings. The Morgan fingerprint density at radius 3 is 2.36 bits per heavy atom. The summed E-state index contributed by atoms with van der Waals surface area (Å²) in [5.74, 6) is 0.830. The van der Waals surface area contributed by atoms with Gasteiger partial charge in [0.15, 0.2) is 0 Å². The van der Waals surface area contributed by atoms with E-state index in [2.05, 4.69) is 26.1 Å². The van der Waals surface area contributed by atoms with Gasteiger partial charge in [-0.3, -0.25) is 4.90 Å². The fraction of sp³-hybridized carbons (Fsp3) is 0.400. The number of aromatic nitrogens is 2. The number of anilines is 1. The number of fused-ring (bicyclic) bond motifs is 1. The molecule has 11 heteroatoms. The van der Waals surface area contributed by atoms with Crippen molar-refractivity contribution < 1.29 is 17.9 Å². The molecule has 0 amide bonds. The molecule has 2 heterocycles. The number of rotatable bonds is 8. The van der Waals surface area contributed by atoms with Crippen LogP contribution < -0.4 is 5.32 Å². The van der Waals surface area contributed by atoms with Gasteiger partial charge in [0.1, 0.15) is 17.7 Å². The van der Waals surface area contributed by atoms with Crippen molar-refractivity contribution >= 4 is 48.6 Å². The van der Waals surface area contributed by atoms with Crippen molar-refractivity contribution in [2.75, 3.05) is 38.6 Å². The van der Waals surface area contributed by atoms with Crippen LogP contribution in [0.3, 0.4) is 0 Å². The van der Waals surface area contributed by atoms with E-state index in [0.29, 0.717) is 44.4 Å². The molecular weight excluding hydrogens is 546 g/mol. The van der Waals surface area contributed by atoms with Gasteiger partial charge in [-0.15, -0.1) is 0 Å². The summed E-state index contributed by atoms with van der Waals surface area (Å²) in [4.78, 5) is 24.2. The number of benzene rings is 2. The van der Waals surface area contributed by atoms with Crippen molar-refractivity contribution in [2.24, 2.45) is 5.92 Å². The van der Waals surface area contributed by atoms with E-state index in [-0.39, 0.29) is 16.8 Å². The maximum atomic E-state index is 13.0. The monoisotopic (exact) mass is 575 g/mol. The van der Waals surface area contributed by atoms with E-state index in [9.17, 15) is 13.2 Å². The number of hydrogen-bond acceptors (Lipinski definition) is 8. The van der Waals surface area contributed by atoms with Crippen molar-refractivity contribution in [3.05, 3.63) is 58.8 Å². The van der Waals surface area contributed by atoms with E-state index in [4.69, 9.17) is 14.7 Å². The second-order valence-corrected chi connectivity index (χ2v) is 11.9. The van der Waals surface area contributed by atoms with E-state index in [1.54, 1.807) is 24.3 Å². The van der Waals surface area contributed by atoms with Gasteiger partial charge in [0.25, 0.3) is 0 Å². The standard InChI is InChI=1S/C25H30BrN5O4S/c1-17(2)23(25(32)35-3)29-24-20-6-4-5-7-21(20)27-22(28-24)16-30-12-14-31(15-13-30)36(33,34)19-10-8-18(26)9-11-19/h4-11,17,23H,12-16H2,1-3H3,(H,27,28,29)/t23-/m0/s1. The van der Waals surface area contributed by atoms with Crippen LogP contribution in [0.4, 0.5) is 5.82 Å². The molecule has 0 saturated carbocycles. The molecule has 1 N–H and O–H groups in total. The first-order valence-corrected chi connectivity index (χ1v) is 14.0. The summed E-state index contributed by atoms with van der Waals surface area (Å²) in [5.41, 5.74) is 0.772. The third kappa shape index (κ3) is 5.86. The normalized spacial score (nSPS) is 16.2. The summed E-state index contributed by atoms with van der Waals surface area (Å²) in [5, 5.41) is 4.08. The van der Waals surface area contributed by atoms with Gasteiger partial charge in [-0.2, -0.15) is 4.31 Å². The van der Waals surface area contributed by atoms with Crippen LogP contribution in [-0.2, 0) is 26.1 Å². The van der Waals surface area contributed by atoms with E-state index in [0.717, 1.165) is 15.4 Å². The van der Waals surface area contributed by atoms with Gasteiger partial charge in [-0.25, -0.2) is 23.2 Å². The molecule has 0 spiro atoms. The lowest BCUT2D eigenvalue weighted by Gasteiger charge is -2.33. The average molecular weight is 577 g/mol. The number of nitrogens with one attached hydrogen (secondary N) is 1. The van der Waals surface area contributed by atoms with Crippen LogP contribution in [-0.4, -0.2) is 72.9 Å². The second kappa shape index (κ2) is 11.2. The molecule has 1 aliphatic rings. The molecule has 1 saturated heterocycles. The molecule has 3 aromatic rings. The van der Waals surface area contributed by atoms with Crippen LogP contribution in [0.5, 0.6) is 0 Å². The molecule has 0 bridgehead atoms. The Hall–Kier alpha value is -2.60. The van der Waals surface area contributed by atoms with Gasteiger partial charge in [0.05, 0.1) is 24.1 Å². The Labute approximate surface area is 220 Å². The molecule has 192 valence electrons. The predicted octanol–water partition coefficient (Wildman–Crippen LogP) is 3.51. The first-order valence-electron chi connectivity index (χ1n) is 11.8. The molecule has 1 atom stereocenters. The highest BCUT2D eigenvalue weighted by atomic mass is 79.9. The van der Waals surface area contributed by atoms with Gasteiger partial charge >= 0.3 is 5.97 Å². The smallest absolute Gasteiger partial charge is 0.328 e. The summed E-state index contributed by atoms with van der Waals surface area (Å²) >= 11 is 3.34. The summed E-state index contributed by atoms with van der Waals surface area (Å²) in [6, 6.07) is 13.8. The average Bonchev–Trinajstić information content (AvgIpc) is 2.87. The van der Waals surface area contributed by atoms with Crippen LogP contribution in [0.25, 0.3) is 10.9 Å². The molecule has 1 aliphatic heterocycles. The van der Waals surface area contributed by atoms with Crippen molar-refractivity contribution in [1.82, 2.24) is 19.2 Å². The number of esters is 1. The highest BCUT2D eigenvalue weighted by Gasteiger charge is 2.29. The number of carbonyl (C=O) groups excluding carboxylic acids is 1. The number of para-hydroxylation sites is 1. The van der Waals surface area contributed by atoms with Crippen LogP contribution in [0.15, 0.2) is 57.9 Å². The maximum absolute atomic E-state index is 13.0. The number of nitrogens with zero attached hydrogens (tertiary/aromatic N) is 4. The number of carbonyl (C=O) groups is 1. The van der Waals surface area contributed by atoms with Gasteiger partial charge in [-0.1, -0.05) is 41.9 Å². The SMILES string of the molecule is COC(=O)[C@@H](Nc1nc(CN2CCN(S(=O)(=O)c3ccc(Br)cc3)CC2)nc2ccccc12)C(C)C. The third-order valence-electron chi connectivity index (χ3n) is 6.21. The molecule has 4 rings (SSSR count). The Kier molecular flexibility index (Phi) is 8.23. The second-order valence-electron chi connectivity index (χ2n) is 9.03. The minimum atomic E-state index is -3.54. The van der Waals surface area contributed by atoms with Crippen LogP contribution in [0.2, 0.25) is 0 Å². The summed E-state index contributed by atoms with van der Waals surface area (Å²) in [6.45, 7) is 6.25. The number of piperazine rings is 1. The molecule has 36 heavy (non-hydrogen) atoms. The molecule has 1 aromatic heterocycles. The minimum absolute atomic E-state index is 0.00428. The molecule has 0 radical (unpaired) electrons. The predicted molar refractivity (Wildman–Crippen MR) is 142 cm³/mol. The zero-order valence-electron chi connectivity index (χ0n) is 20.5. The quantitative estimate of drug-likeness (QED) is 0.407. The van der Waals surface area contributed by atoms with Crippen molar-refractivity contribution in [3.8, 4) is 0 Å². The lowest BCUT2D eigenvalue weighted by molar-refractivity contribution is -0.142. The van der Waals surface area contributed by atoms with Crippen molar-refractivity contribution in [3.63, 3.8) is 0 Å². The van der Waals surface area contributed by atoms with E-state index in [1.807, 2.05) is 38.1 Å². The van der Waals surface area contributed by atoms with Crippen LogP contribution >= 0.6 is 15.9 Å². The third-order valence-corrected chi connectivity index (χ3v) is 8.65. The lowest BCUT2D eigenvalue weighted by Crippen LogP contribution is -2.48. The Bertz CT molecular complexity index is 1330. The van der Waals surface area contributed by atoms with E-state index >= 15 is 0 Å². The topological polar surface area (TPSA) is 105 Å². The number of methoxy groups -OCH3 is 1. The van der Waals surface area contributed by atoms with Crippen molar-refractivity contribution in [1.29, 1.82) is 0 Å². The summed E-state index contributed by atoms with van der Waals surface area (Å²) in [7, 11) is -2.17. The van der Waals surface area contributed by atoms with E-state index < -0.39 is 16.1 Å². The largest absolute Gasteiger partial charge is 0.467 e. The van der Waals surface area contributed by atoms with Crippen LogP contribution in [0.1, 0.15) is 19.7 Å². The molecule has 0 aliphatic carbocycles. The fourth-order valence-corrected chi connectivity index (χ4v) is 5.85. The highest BCUT2D eigenvalue weighted by Crippen LogP contribution is 2.24. The number of ether oxygens (including phenoxy) is 1. The number of halogens is 1. The van der Waals surface area contributed by atoms with Gasteiger partial charge in [0, 0.05) is 36.0 Å². The number of hydrogen-bond donors (Lipinski definition) is 1. The molecule has 9 nitrogen and oxygen atoms in total. The van der Waals surface area contributed by atoms with Gasteiger partial charge in [-0.05, 0) is 42.3 Å². The summed E-state index contributed by atoms with van der Waals surface area (Å²) < 4.78 is 33.4. The van der Waals surface area contributed by atoms with E-state index in [1.165, 1.54) is 11.4 Å². The number of sulfonamides is 1. The van der Waals surface area contributed by atoms with Crippen LogP contribution in [0, 0.1) is 5.92 Å². The van der Waals surface area contributed by atoms with Crippen molar-refractivity contribution in [2.45, 2.75) is 31.3 Å². The highest BCUT2D eigenvalue weighted by molar-refractivity contribution is 9.10. The fourth-order valence-electron chi connectivity index (χ4n) is 4.16. The minimum Gasteiger partial charge on any atom is -0.467 e. The van der Waals surface area contributed by atoms with Gasteiger partial charge in [0.2, 0.25) is 10.0 Å². The Balaban J connectivity index is 1.50. The first kappa shape index (κ1) is 26.5. The molecular formula is C25H30BrN5O4S. The zero-order chi connectivity index (χ0) is 25.9. The maximum Gasteiger partial charge on any atom is 0.328 e. The van der Waals surface area contributed by atoms with Gasteiger partial charge < -0.3 is 10.1 Å². The lowest BCUT2D eigenvalue weighted by atomic mass is 10.0. The Morgan fingerprint density at radius 2 is 1.72 bits per heavy atom. The summed E-state index contributed by atoms with van der Waals surface area (Å²) in [6.07, 6.45) is 0. The Morgan fingerprint density at radius 1 is 1.06 bits per heavy atom. The zero-order valence-corrected chi connectivity index (χ0v) is 22.9. The molecule has 2 aromatic carbocycles.